The number of pyridine rings is 1. The van der Waals surface area contributed by atoms with Gasteiger partial charge in [0.05, 0.1) is 10.4 Å². The van der Waals surface area contributed by atoms with Gasteiger partial charge in [-0.2, -0.15) is 0 Å². The van der Waals surface area contributed by atoms with Gasteiger partial charge in [-0.3, -0.25) is 9.78 Å². The fourth-order valence-electron chi connectivity index (χ4n) is 2.94. The molecule has 1 amide bonds. The van der Waals surface area contributed by atoms with Crippen LogP contribution in [-0.2, 0) is 11.2 Å². The molecule has 1 aliphatic rings. The molecule has 0 saturated heterocycles. The summed E-state index contributed by atoms with van der Waals surface area (Å²) in [6.45, 7) is 0.570. The fraction of sp³-hybridized carbons (Fsp3) is 0.562. The lowest BCUT2D eigenvalue weighted by Gasteiger charge is -2.30. The first-order valence-corrected chi connectivity index (χ1v) is 8.04. The molecule has 0 bridgehead atoms. The second-order valence-corrected chi connectivity index (χ2v) is 6.13. The number of hydrogen-bond acceptors (Lipinski definition) is 3. The monoisotopic (exact) mass is 305 g/mol. The smallest absolute Gasteiger partial charge is 0.233 e. The average molecular weight is 305 g/mol. The first kappa shape index (κ1) is 15.9. The van der Waals surface area contributed by atoms with Crippen molar-refractivity contribution < 1.29 is 4.79 Å². The maximum atomic E-state index is 12.6. The van der Waals surface area contributed by atoms with Gasteiger partial charge in [-0.05, 0) is 25.0 Å². The molecule has 0 aliphatic heterocycles. The standard InChI is InChI=1S/C16H23N3OS/c17-14(21)16(9-4-1-2-5-10-16)15(20)19-12-8-13-7-3-6-11-18-13/h3,6-7,11H,1-2,4-5,8-10,12H2,(H2,17,21)(H,19,20). The summed E-state index contributed by atoms with van der Waals surface area (Å²) in [4.78, 5) is 17.2. The van der Waals surface area contributed by atoms with Gasteiger partial charge in [-0.1, -0.05) is 44.0 Å². The molecule has 4 nitrogen and oxygen atoms in total. The molecule has 1 aromatic rings. The summed E-state index contributed by atoms with van der Waals surface area (Å²) < 4.78 is 0. The Morgan fingerprint density at radius 1 is 1.29 bits per heavy atom. The second-order valence-electron chi connectivity index (χ2n) is 5.69. The zero-order chi connectivity index (χ0) is 15.1. The van der Waals surface area contributed by atoms with E-state index in [0.717, 1.165) is 50.6 Å². The fourth-order valence-corrected chi connectivity index (χ4v) is 3.23. The van der Waals surface area contributed by atoms with E-state index in [2.05, 4.69) is 10.3 Å². The third-order valence-electron chi connectivity index (χ3n) is 4.26. The summed E-state index contributed by atoms with van der Waals surface area (Å²) in [6, 6.07) is 5.79. The van der Waals surface area contributed by atoms with Crippen LogP contribution in [-0.4, -0.2) is 22.4 Å². The molecule has 0 spiro atoms. The van der Waals surface area contributed by atoms with E-state index >= 15 is 0 Å². The summed E-state index contributed by atoms with van der Waals surface area (Å²) in [5, 5.41) is 3.00. The Labute approximate surface area is 131 Å². The minimum atomic E-state index is -0.643. The van der Waals surface area contributed by atoms with Crippen LogP contribution in [0, 0.1) is 5.41 Å². The highest BCUT2D eigenvalue weighted by atomic mass is 32.1. The quantitative estimate of drug-likeness (QED) is 0.647. The number of carbonyl (C=O) groups is 1. The van der Waals surface area contributed by atoms with Crippen molar-refractivity contribution in [3.05, 3.63) is 30.1 Å². The maximum Gasteiger partial charge on any atom is 0.233 e. The van der Waals surface area contributed by atoms with Crippen LogP contribution in [0.1, 0.15) is 44.2 Å². The highest BCUT2D eigenvalue weighted by Gasteiger charge is 2.41. The Hall–Kier alpha value is -1.49. The molecule has 3 N–H and O–H groups in total. The van der Waals surface area contributed by atoms with Crippen LogP contribution in [0.25, 0.3) is 0 Å². The van der Waals surface area contributed by atoms with Crippen LogP contribution in [0.2, 0.25) is 0 Å². The summed E-state index contributed by atoms with van der Waals surface area (Å²) in [5.74, 6) is -0.00664. The van der Waals surface area contributed by atoms with E-state index in [9.17, 15) is 4.79 Å². The minimum absolute atomic E-state index is 0.00664. The molecule has 0 aromatic carbocycles. The van der Waals surface area contributed by atoms with Crippen molar-refractivity contribution in [2.75, 3.05) is 6.54 Å². The number of rotatable bonds is 5. The molecule has 1 saturated carbocycles. The van der Waals surface area contributed by atoms with Gasteiger partial charge < -0.3 is 11.1 Å². The van der Waals surface area contributed by atoms with Gasteiger partial charge in [0.2, 0.25) is 5.91 Å². The molecule has 0 unspecified atom stereocenters. The number of hydrogen-bond donors (Lipinski definition) is 2. The van der Waals surface area contributed by atoms with Crippen molar-refractivity contribution in [1.82, 2.24) is 10.3 Å². The van der Waals surface area contributed by atoms with Gasteiger partial charge >= 0.3 is 0 Å². The first-order valence-electron chi connectivity index (χ1n) is 7.63. The summed E-state index contributed by atoms with van der Waals surface area (Å²) in [6.07, 6.45) is 8.39. The lowest BCUT2D eigenvalue weighted by atomic mass is 9.79. The van der Waals surface area contributed by atoms with E-state index in [1.165, 1.54) is 0 Å². The molecule has 1 aromatic heterocycles. The molecular weight excluding hydrogens is 282 g/mol. The van der Waals surface area contributed by atoms with E-state index in [4.69, 9.17) is 18.0 Å². The van der Waals surface area contributed by atoms with Gasteiger partial charge in [-0.15, -0.1) is 0 Å². The van der Waals surface area contributed by atoms with Crippen LogP contribution >= 0.6 is 12.2 Å². The minimum Gasteiger partial charge on any atom is -0.392 e. The van der Waals surface area contributed by atoms with Crippen LogP contribution in [0.5, 0.6) is 0 Å². The number of amides is 1. The topological polar surface area (TPSA) is 68.0 Å². The Morgan fingerprint density at radius 2 is 2.00 bits per heavy atom. The van der Waals surface area contributed by atoms with Gasteiger partial charge in [-0.25, -0.2) is 0 Å². The number of thiocarbonyl (C=S) groups is 1. The molecule has 0 radical (unpaired) electrons. The highest BCUT2D eigenvalue weighted by Crippen LogP contribution is 2.35. The Morgan fingerprint density at radius 3 is 2.57 bits per heavy atom. The SMILES string of the molecule is NC(=S)C1(C(=O)NCCc2ccccn2)CCCCCC1. The molecule has 1 fully saturated rings. The normalized spacial score (nSPS) is 17.7. The van der Waals surface area contributed by atoms with Crippen LogP contribution in [0.4, 0.5) is 0 Å². The number of nitrogens with one attached hydrogen (secondary N) is 1. The van der Waals surface area contributed by atoms with E-state index in [1.54, 1.807) is 6.20 Å². The van der Waals surface area contributed by atoms with Crippen molar-refractivity contribution in [2.45, 2.75) is 44.9 Å². The van der Waals surface area contributed by atoms with Crippen molar-refractivity contribution in [3.8, 4) is 0 Å². The number of aromatic nitrogens is 1. The predicted octanol–water partition coefficient (Wildman–Crippen LogP) is 2.37. The van der Waals surface area contributed by atoms with Gasteiger partial charge in [0.1, 0.15) is 0 Å². The third kappa shape index (κ3) is 4.00. The van der Waals surface area contributed by atoms with Crippen molar-refractivity contribution in [1.29, 1.82) is 0 Å². The predicted molar refractivity (Wildman–Crippen MR) is 87.9 cm³/mol. The van der Waals surface area contributed by atoms with E-state index < -0.39 is 5.41 Å². The molecule has 1 heterocycles. The van der Waals surface area contributed by atoms with Crippen LogP contribution in [0.3, 0.4) is 0 Å². The molecule has 114 valence electrons. The molecule has 21 heavy (non-hydrogen) atoms. The largest absolute Gasteiger partial charge is 0.392 e. The van der Waals surface area contributed by atoms with E-state index in [1.807, 2.05) is 18.2 Å². The number of nitrogens with two attached hydrogens (primary N) is 1. The van der Waals surface area contributed by atoms with Crippen molar-refractivity contribution in [3.63, 3.8) is 0 Å². The summed E-state index contributed by atoms with van der Waals surface area (Å²) in [7, 11) is 0. The lowest BCUT2D eigenvalue weighted by molar-refractivity contribution is -0.128. The van der Waals surface area contributed by atoms with E-state index in [-0.39, 0.29) is 5.91 Å². The number of carbonyl (C=O) groups excluding carboxylic acids is 1. The Balaban J connectivity index is 1.94. The zero-order valence-electron chi connectivity index (χ0n) is 12.3. The second kappa shape index (κ2) is 7.50. The summed E-state index contributed by atoms with van der Waals surface area (Å²) in [5.41, 5.74) is 6.25. The zero-order valence-corrected chi connectivity index (χ0v) is 13.1. The molecule has 0 atom stereocenters. The van der Waals surface area contributed by atoms with Crippen LogP contribution < -0.4 is 11.1 Å². The molecular formula is C16H23N3OS. The highest BCUT2D eigenvalue weighted by molar-refractivity contribution is 7.80. The van der Waals surface area contributed by atoms with Crippen molar-refractivity contribution in [2.24, 2.45) is 11.1 Å². The maximum absolute atomic E-state index is 12.6. The summed E-state index contributed by atoms with van der Waals surface area (Å²) >= 11 is 5.21. The van der Waals surface area contributed by atoms with Gasteiger partial charge in [0.25, 0.3) is 0 Å². The molecule has 2 rings (SSSR count). The van der Waals surface area contributed by atoms with Gasteiger partial charge in [0, 0.05) is 24.9 Å². The van der Waals surface area contributed by atoms with E-state index in [0.29, 0.717) is 11.5 Å². The lowest BCUT2D eigenvalue weighted by Crippen LogP contribution is -2.49. The average Bonchev–Trinajstić information content (AvgIpc) is 2.75. The van der Waals surface area contributed by atoms with Gasteiger partial charge in [0.15, 0.2) is 0 Å². The van der Waals surface area contributed by atoms with Crippen molar-refractivity contribution >= 4 is 23.1 Å². The molecule has 1 aliphatic carbocycles. The Bertz CT molecular complexity index is 482. The molecule has 5 heteroatoms. The third-order valence-corrected chi connectivity index (χ3v) is 4.65. The number of nitrogens with zero attached hydrogens (tertiary/aromatic N) is 1. The first-order chi connectivity index (χ1) is 10.1. The Kier molecular flexibility index (Phi) is 5.67. The van der Waals surface area contributed by atoms with Crippen LogP contribution in [0.15, 0.2) is 24.4 Å².